The number of unbranched alkanes of at least 4 members (excludes halogenated alkanes) is 1. The highest BCUT2D eigenvalue weighted by atomic mass is 19.1. The van der Waals surface area contributed by atoms with E-state index in [0.717, 1.165) is 58.0 Å². The standard InChI is InChI=1S/C41H53F2N5O6/c1-5-7-11-41(12-8-13-47(22-41)26-15-28(16-26)52-4)24-54-39-45-37-32(38(46-39)48-19-29(20-49)53-23-40(3,51)21-48)18-44-36(35(37)43)31-17-27(50)14-25-9-10-33(42)30(6-2)34(25)31/h9-10,14,17-18,26,28-29,49-51H,5-8,11-13,15-16,19-24H2,1-4H3. The van der Waals surface area contributed by atoms with Gasteiger partial charge in [-0.15, -0.1) is 0 Å². The number of rotatable bonds is 12. The normalized spacial score (nSPS) is 26.6. The number of β-amino-alcohol motifs (C(OH)–C–C–N with tert-alkyl or cyclic N) is 1. The summed E-state index contributed by atoms with van der Waals surface area (Å²) in [5.41, 5.74) is -1.01. The molecule has 2 aromatic carbocycles. The summed E-state index contributed by atoms with van der Waals surface area (Å²) in [7, 11) is 1.77. The summed E-state index contributed by atoms with van der Waals surface area (Å²) in [5, 5.41) is 33.3. The molecule has 2 aliphatic heterocycles. The first-order valence-electron chi connectivity index (χ1n) is 19.4. The number of anilines is 1. The Morgan fingerprint density at radius 2 is 1.93 bits per heavy atom. The fourth-order valence-electron chi connectivity index (χ4n) is 8.69. The third-order valence-corrected chi connectivity index (χ3v) is 11.7. The number of aliphatic hydroxyl groups is 2. The second-order valence-corrected chi connectivity index (χ2v) is 15.9. The number of aromatic hydroxyl groups is 1. The van der Waals surface area contributed by atoms with Gasteiger partial charge in [-0.25, -0.2) is 8.78 Å². The number of aliphatic hydroxyl groups excluding tert-OH is 1. The quantitative estimate of drug-likeness (QED) is 0.154. The van der Waals surface area contributed by atoms with Crippen molar-refractivity contribution in [1.82, 2.24) is 19.9 Å². The molecular weight excluding hydrogens is 696 g/mol. The Kier molecular flexibility index (Phi) is 11.3. The number of aromatic nitrogens is 3. The van der Waals surface area contributed by atoms with E-state index in [1.807, 2.05) is 6.92 Å². The van der Waals surface area contributed by atoms with Gasteiger partial charge >= 0.3 is 6.01 Å². The van der Waals surface area contributed by atoms with E-state index in [1.165, 1.54) is 24.4 Å². The summed E-state index contributed by atoms with van der Waals surface area (Å²) in [6.07, 6.45) is 8.60. The number of benzene rings is 2. The predicted octanol–water partition coefficient (Wildman–Crippen LogP) is 6.17. The molecule has 54 heavy (non-hydrogen) atoms. The first-order valence-corrected chi connectivity index (χ1v) is 19.4. The molecule has 1 aliphatic carbocycles. The van der Waals surface area contributed by atoms with Gasteiger partial charge in [0.2, 0.25) is 0 Å². The van der Waals surface area contributed by atoms with E-state index in [9.17, 15) is 15.3 Å². The van der Waals surface area contributed by atoms with E-state index < -0.39 is 23.3 Å². The van der Waals surface area contributed by atoms with Gasteiger partial charge in [0.25, 0.3) is 0 Å². The molecule has 7 rings (SSSR count). The SMILES string of the molecule is CCCCC1(COc2nc(N3CC(CO)OCC(C)(O)C3)c3cnc(-c4cc(O)cc5ccc(F)c(CC)c45)c(F)c3n2)CCCN(C2CC(OC)C2)C1. The molecule has 0 bridgehead atoms. The van der Waals surface area contributed by atoms with E-state index in [4.69, 9.17) is 24.2 Å². The molecule has 4 heterocycles. The number of fused-ring (bicyclic) bond motifs is 2. The molecular formula is C41H53F2N5O6. The summed E-state index contributed by atoms with van der Waals surface area (Å²) in [6.45, 7) is 7.83. The van der Waals surface area contributed by atoms with Crippen LogP contribution in [0, 0.1) is 17.0 Å². The molecule has 3 atom stereocenters. The summed E-state index contributed by atoms with van der Waals surface area (Å²) in [4.78, 5) is 18.4. The lowest BCUT2D eigenvalue weighted by molar-refractivity contribution is -0.0625. The van der Waals surface area contributed by atoms with Gasteiger partial charge in [0.05, 0.1) is 44.0 Å². The topological polar surface area (TPSA) is 134 Å². The minimum atomic E-state index is -1.31. The number of hydrogen-bond donors (Lipinski definition) is 3. The number of nitrogens with zero attached hydrogens (tertiary/aromatic N) is 5. The zero-order valence-electron chi connectivity index (χ0n) is 31.8. The molecule has 2 saturated heterocycles. The van der Waals surface area contributed by atoms with Gasteiger partial charge in [-0.1, -0.05) is 32.8 Å². The van der Waals surface area contributed by atoms with Crippen LogP contribution in [0.5, 0.6) is 11.8 Å². The third-order valence-electron chi connectivity index (χ3n) is 11.7. The number of halogens is 2. The highest BCUT2D eigenvalue weighted by Gasteiger charge is 2.42. The highest BCUT2D eigenvalue weighted by molar-refractivity contribution is 6.01. The minimum Gasteiger partial charge on any atom is -0.508 e. The molecule has 3 fully saturated rings. The van der Waals surface area contributed by atoms with Crippen LogP contribution in [0.2, 0.25) is 0 Å². The van der Waals surface area contributed by atoms with Gasteiger partial charge in [0.1, 0.15) is 34.2 Å². The van der Waals surface area contributed by atoms with E-state index in [1.54, 1.807) is 25.0 Å². The van der Waals surface area contributed by atoms with Crippen molar-refractivity contribution in [3.63, 3.8) is 0 Å². The summed E-state index contributed by atoms with van der Waals surface area (Å²) in [6, 6.07) is 6.29. The van der Waals surface area contributed by atoms with Crippen LogP contribution < -0.4 is 9.64 Å². The van der Waals surface area contributed by atoms with Gasteiger partial charge in [0.15, 0.2) is 5.82 Å². The smallest absolute Gasteiger partial charge is 0.319 e. The second-order valence-electron chi connectivity index (χ2n) is 15.9. The summed E-state index contributed by atoms with van der Waals surface area (Å²) < 4.78 is 50.3. The highest BCUT2D eigenvalue weighted by Crippen LogP contribution is 2.42. The number of aryl methyl sites for hydroxylation is 1. The number of phenolic OH excluding ortho intramolecular Hbond substituents is 1. The zero-order chi connectivity index (χ0) is 38.2. The summed E-state index contributed by atoms with van der Waals surface area (Å²) >= 11 is 0. The average Bonchev–Trinajstić information content (AvgIpc) is 3.30. The van der Waals surface area contributed by atoms with Crippen molar-refractivity contribution < 1.29 is 38.3 Å². The Bertz CT molecular complexity index is 1980. The lowest BCUT2D eigenvalue weighted by Crippen LogP contribution is -2.55. The van der Waals surface area contributed by atoms with Crippen molar-refractivity contribution >= 4 is 27.5 Å². The van der Waals surface area contributed by atoms with Crippen LogP contribution in [0.15, 0.2) is 30.5 Å². The molecule has 3 N–H and O–H groups in total. The molecule has 0 amide bonds. The van der Waals surface area contributed by atoms with Crippen LogP contribution in [0.4, 0.5) is 14.6 Å². The van der Waals surface area contributed by atoms with Crippen molar-refractivity contribution in [2.24, 2.45) is 5.41 Å². The maximum absolute atomic E-state index is 17.2. The molecule has 3 unspecified atom stereocenters. The first-order chi connectivity index (χ1) is 26.0. The Morgan fingerprint density at radius 3 is 2.67 bits per heavy atom. The number of ether oxygens (including phenoxy) is 3. The number of hydrogen-bond acceptors (Lipinski definition) is 11. The maximum atomic E-state index is 17.2. The van der Waals surface area contributed by atoms with Crippen molar-refractivity contribution in [3.8, 4) is 23.0 Å². The molecule has 0 radical (unpaired) electrons. The molecule has 0 spiro atoms. The van der Waals surface area contributed by atoms with E-state index in [-0.39, 0.29) is 71.5 Å². The fourth-order valence-corrected chi connectivity index (χ4v) is 8.69. The van der Waals surface area contributed by atoms with Crippen molar-refractivity contribution in [1.29, 1.82) is 0 Å². The van der Waals surface area contributed by atoms with Gasteiger partial charge in [-0.2, -0.15) is 9.97 Å². The molecule has 3 aliphatic rings. The van der Waals surface area contributed by atoms with E-state index in [0.29, 0.717) is 41.5 Å². The summed E-state index contributed by atoms with van der Waals surface area (Å²) in [5.74, 6) is -1.04. The van der Waals surface area contributed by atoms with Crippen LogP contribution in [-0.2, 0) is 15.9 Å². The van der Waals surface area contributed by atoms with Gasteiger partial charge in [0, 0.05) is 43.4 Å². The zero-order valence-corrected chi connectivity index (χ0v) is 31.8. The van der Waals surface area contributed by atoms with Gasteiger partial charge in [-0.05, 0) is 86.5 Å². The van der Waals surface area contributed by atoms with Crippen molar-refractivity contribution in [2.45, 2.75) is 96.0 Å². The van der Waals surface area contributed by atoms with E-state index >= 15 is 8.78 Å². The monoisotopic (exact) mass is 749 g/mol. The lowest BCUT2D eigenvalue weighted by Gasteiger charge is -2.49. The van der Waals surface area contributed by atoms with Crippen LogP contribution in [0.1, 0.15) is 71.3 Å². The molecule has 292 valence electrons. The average molecular weight is 750 g/mol. The largest absolute Gasteiger partial charge is 0.508 e. The Balaban J connectivity index is 1.33. The maximum Gasteiger partial charge on any atom is 0.319 e. The number of piperidine rings is 1. The minimum absolute atomic E-state index is 0.0126. The molecule has 1 saturated carbocycles. The van der Waals surface area contributed by atoms with Crippen LogP contribution in [0.3, 0.4) is 0 Å². The predicted molar refractivity (Wildman–Crippen MR) is 203 cm³/mol. The molecule has 2 aromatic heterocycles. The van der Waals surface area contributed by atoms with Gasteiger partial charge < -0.3 is 34.4 Å². The van der Waals surface area contributed by atoms with Gasteiger partial charge in [-0.3, -0.25) is 9.88 Å². The van der Waals surface area contributed by atoms with Crippen LogP contribution in [0.25, 0.3) is 32.9 Å². The number of likely N-dealkylation sites (tertiary alicyclic amines) is 1. The Hall–Kier alpha value is -3.75. The number of methoxy groups -OCH3 is 1. The van der Waals surface area contributed by atoms with Crippen molar-refractivity contribution in [2.75, 3.05) is 58.0 Å². The molecule has 13 heteroatoms. The Labute approximate surface area is 315 Å². The fraction of sp³-hybridized carbons (Fsp3) is 0.585. The molecule has 11 nitrogen and oxygen atoms in total. The lowest BCUT2D eigenvalue weighted by atomic mass is 9.74. The third kappa shape index (κ3) is 7.70. The van der Waals surface area contributed by atoms with E-state index in [2.05, 4.69) is 16.8 Å². The number of pyridine rings is 1. The first kappa shape index (κ1) is 38.5. The van der Waals surface area contributed by atoms with Crippen LogP contribution in [-0.4, -0.2) is 112 Å². The number of phenols is 1. The van der Waals surface area contributed by atoms with Crippen LogP contribution >= 0.6 is 0 Å². The van der Waals surface area contributed by atoms with Crippen molar-refractivity contribution in [3.05, 3.63) is 47.7 Å². The second kappa shape index (κ2) is 15.8. The Morgan fingerprint density at radius 1 is 1.11 bits per heavy atom. The molecule has 4 aromatic rings.